The summed E-state index contributed by atoms with van der Waals surface area (Å²) in [5, 5.41) is 0. The zero-order valence-corrected chi connectivity index (χ0v) is 16.5. The minimum atomic E-state index is -0.247. The van der Waals surface area contributed by atoms with Crippen LogP contribution in [0.3, 0.4) is 0 Å². The third-order valence-electron chi connectivity index (χ3n) is 5.54. The summed E-state index contributed by atoms with van der Waals surface area (Å²) in [5.74, 6) is 0.803. The number of aryl methyl sites for hydroxylation is 1. The Kier molecular flexibility index (Phi) is 5.11. The lowest BCUT2D eigenvalue weighted by atomic mass is 10.0. The van der Waals surface area contributed by atoms with E-state index in [1.165, 1.54) is 17.7 Å². The van der Waals surface area contributed by atoms with Crippen LogP contribution < -0.4 is 0 Å². The minimum absolute atomic E-state index is 0.216. The maximum Gasteiger partial charge on any atom is 0.123 e. The number of hydrogen-bond donors (Lipinski definition) is 0. The van der Waals surface area contributed by atoms with Crippen LogP contribution >= 0.6 is 0 Å². The van der Waals surface area contributed by atoms with E-state index in [4.69, 9.17) is 9.72 Å². The number of pyridine rings is 1. The fourth-order valence-corrected chi connectivity index (χ4v) is 4.11. The van der Waals surface area contributed by atoms with Gasteiger partial charge in [-0.05, 0) is 48.4 Å². The average Bonchev–Trinajstić information content (AvgIpc) is 3.35. The highest BCUT2D eigenvalue weighted by Crippen LogP contribution is 2.39. The molecular weight excluding hydrogens is 377 g/mol. The molecule has 5 rings (SSSR count). The molecule has 0 spiro atoms. The lowest BCUT2D eigenvalue weighted by Gasteiger charge is -2.18. The molecular formula is C25H22FN3O. The van der Waals surface area contributed by atoms with Crippen LogP contribution in [0.1, 0.15) is 23.9 Å². The second kappa shape index (κ2) is 8.20. The van der Waals surface area contributed by atoms with Gasteiger partial charge in [0.05, 0.1) is 30.6 Å². The van der Waals surface area contributed by atoms with Gasteiger partial charge in [0.2, 0.25) is 0 Å². The molecule has 0 radical (unpaired) electrons. The van der Waals surface area contributed by atoms with E-state index in [1.54, 1.807) is 24.5 Å². The number of aromatic nitrogens is 3. The lowest BCUT2D eigenvalue weighted by molar-refractivity contribution is 0.0925. The number of hydrogen-bond acceptors (Lipinski definition) is 3. The van der Waals surface area contributed by atoms with Crippen molar-refractivity contribution in [2.24, 2.45) is 0 Å². The van der Waals surface area contributed by atoms with Crippen LogP contribution in [0.5, 0.6) is 0 Å². The van der Waals surface area contributed by atoms with E-state index in [1.807, 2.05) is 30.3 Å². The molecule has 0 N–H and O–H groups in total. The van der Waals surface area contributed by atoms with Crippen LogP contribution in [0.15, 0.2) is 79.1 Å². The first kappa shape index (κ1) is 18.7. The van der Waals surface area contributed by atoms with E-state index in [2.05, 4.69) is 21.7 Å². The first-order chi connectivity index (χ1) is 14.8. The number of fused-ring (bicyclic) bond motifs is 1. The standard InChI is InChI=1S/C25H22FN3O/c26-21-8-6-19(7-9-21)24-25(20-12-14-27-15-13-20)29-22(10-11-23(29)28-24)17-30-16-18-4-2-1-3-5-18/h1-9,12-15,22H,10-11,16-17H2. The fraction of sp³-hybridized carbons (Fsp3) is 0.200. The minimum Gasteiger partial charge on any atom is -0.375 e. The Balaban J connectivity index is 1.48. The first-order valence-corrected chi connectivity index (χ1v) is 10.2. The van der Waals surface area contributed by atoms with Crippen molar-refractivity contribution in [1.82, 2.24) is 14.5 Å². The molecule has 0 bridgehead atoms. The molecule has 0 amide bonds. The van der Waals surface area contributed by atoms with Crippen LogP contribution in [0.4, 0.5) is 4.39 Å². The highest BCUT2D eigenvalue weighted by atomic mass is 19.1. The quantitative estimate of drug-likeness (QED) is 0.432. The Labute approximate surface area is 175 Å². The average molecular weight is 399 g/mol. The van der Waals surface area contributed by atoms with Crippen molar-refractivity contribution in [1.29, 1.82) is 0 Å². The zero-order chi connectivity index (χ0) is 20.3. The van der Waals surface area contributed by atoms with Gasteiger partial charge in [-0.1, -0.05) is 30.3 Å². The second-order valence-electron chi connectivity index (χ2n) is 7.53. The van der Waals surface area contributed by atoms with E-state index >= 15 is 0 Å². The highest BCUT2D eigenvalue weighted by Gasteiger charge is 2.30. The molecule has 2 aromatic heterocycles. The highest BCUT2D eigenvalue weighted by molar-refractivity contribution is 5.79. The molecule has 4 nitrogen and oxygen atoms in total. The van der Waals surface area contributed by atoms with Crippen molar-refractivity contribution in [3.8, 4) is 22.5 Å². The van der Waals surface area contributed by atoms with Gasteiger partial charge in [-0.15, -0.1) is 0 Å². The maximum absolute atomic E-state index is 13.5. The predicted octanol–water partition coefficient (Wildman–Crippen LogP) is 5.46. The topological polar surface area (TPSA) is 39.9 Å². The van der Waals surface area contributed by atoms with E-state index < -0.39 is 0 Å². The van der Waals surface area contributed by atoms with Crippen molar-refractivity contribution in [3.05, 3.63) is 96.3 Å². The molecule has 0 aliphatic carbocycles. The molecule has 4 aromatic rings. The van der Waals surface area contributed by atoms with E-state index in [0.29, 0.717) is 13.2 Å². The molecule has 5 heteroatoms. The largest absolute Gasteiger partial charge is 0.375 e. The van der Waals surface area contributed by atoms with Crippen molar-refractivity contribution in [3.63, 3.8) is 0 Å². The Morgan fingerprint density at radius 1 is 0.933 bits per heavy atom. The predicted molar refractivity (Wildman–Crippen MR) is 114 cm³/mol. The summed E-state index contributed by atoms with van der Waals surface area (Å²) in [4.78, 5) is 9.11. The number of rotatable bonds is 6. The molecule has 1 unspecified atom stereocenters. The van der Waals surface area contributed by atoms with Gasteiger partial charge in [-0.2, -0.15) is 0 Å². The van der Waals surface area contributed by atoms with Crippen LogP contribution in [0, 0.1) is 5.82 Å². The van der Waals surface area contributed by atoms with Crippen molar-refractivity contribution >= 4 is 0 Å². The van der Waals surface area contributed by atoms with Gasteiger partial charge in [-0.3, -0.25) is 4.98 Å². The number of benzene rings is 2. The molecule has 3 heterocycles. The van der Waals surface area contributed by atoms with Gasteiger partial charge < -0.3 is 9.30 Å². The zero-order valence-electron chi connectivity index (χ0n) is 16.5. The van der Waals surface area contributed by atoms with Crippen molar-refractivity contribution < 1.29 is 9.13 Å². The summed E-state index contributed by atoms with van der Waals surface area (Å²) in [6.45, 7) is 1.22. The summed E-state index contributed by atoms with van der Waals surface area (Å²) in [7, 11) is 0. The van der Waals surface area contributed by atoms with E-state index in [9.17, 15) is 4.39 Å². The summed E-state index contributed by atoms with van der Waals surface area (Å²) >= 11 is 0. The normalized spacial score (nSPS) is 15.3. The summed E-state index contributed by atoms with van der Waals surface area (Å²) < 4.78 is 21.9. The molecule has 150 valence electrons. The Morgan fingerprint density at radius 3 is 2.47 bits per heavy atom. The molecule has 30 heavy (non-hydrogen) atoms. The molecule has 2 aromatic carbocycles. The third kappa shape index (κ3) is 3.64. The summed E-state index contributed by atoms with van der Waals surface area (Å²) in [5.41, 5.74) is 5.06. The Morgan fingerprint density at radius 2 is 1.70 bits per heavy atom. The van der Waals surface area contributed by atoms with Crippen molar-refractivity contribution in [2.45, 2.75) is 25.5 Å². The Bertz CT molecular complexity index is 1120. The molecule has 1 aliphatic heterocycles. The molecule has 0 fully saturated rings. The van der Waals surface area contributed by atoms with Crippen LogP contribution in [0.2, 0.25) is 0 Å². The Hall–Kier alpha value is -3.31. The van der Waals surface area contributed by atoms with E-state index in [-0.39, 0.29) is 11.9 Å². The fourth-order valence-electron chi connectivity index (χ4n) is 4.11. The van der Waals surface area contributed by atoms with Crippen LogP contribution in [-0.4, -0.2) is 21.1 Å². The maximum atomic E-state index is 13.5. The molecule has 0 saturated heterocycles. The molecule has 1 atom stereocenters. The van der Waals surface area contributed by atoms with Gasteiger partial charge in [0.25, 0.3) is 0 Å². The summed E-state index contributed by atoms with van der Waals surface area (Å²) in [6.07, 6.45) is 5.48. The van der Waals surface area contributed by atoms with Gasteiger partial charge in [-0.25, -0.2) is 9.37 Å². The SMILES string of the molecule is Fc1ccc(-c2nc3n(c2-c2ccncc2)C(COCc2ccccc2)CC3)cc1. The van der Waals surface area contributed by atoms with Crippen LogP contribution in [-0.2, 0) is 17.8 Å². The van der Waals surface area contributed by atoms with E-state index in [0.717, 1.165) is 41.2 Å². The number of halogens is 1. The lowest BCUT2D eigenvalue weighted by Crippen LogP contribution is -2.13. The number of imidazole rings is 1. The molecule has 0 saturated carbocycles. The van der Waals surface area contributed by atoms with Crippen molar-refractivity contribution in [2.75, 3.05) is 6.61 Å². The third-order valence-corrected chi connectivity index (χ3v) is 5.54. The monoisotopic (exact) mass is 399 g/mol. The van der Waals surface area contributed by atoms with Gasteiger partial charge >= 0.3 is 0 Å². The number of nitrogens with zero attached hydrogens (tertiary/aromatic N) is 3. The number of ether oxygens (including phenoxy) is 1. The van der Waals surface area contributed by atoms with Gasteiger partial charge in [0, 0.05) is 29.9 Å². The molecule has 1 aliphatic rings. The second-order valence-corrected chi connectivity index (χ2v) is 7.53. The van der Waals surface area contributed by atoms with Crippen LogP contribution in [0.25, 0.3) is 22.5 Å². The summed E-state index contributed by atoms with van der Waals surface area (Å²) in [6, 6.07) is 21.0. The van der Waals surface area contributed by atoms with Gasteiger partial charge in [0.15, 0.2) is 0 Å². The smallest absolute Gasteiger partial charge is 0.123 e. The van der Waals surface area contributed by atoms with Gasteiger partial charge in [0.1, 0.15) is 11.6 Å². The first-order valence-electron chi connectivity index (χ1n) is 10.2.